The average molecular weight is 315 g/mol. The van der Waals surface area contributed by atoms with E-state index in [0.717, 1.165) is 48.1 Å². The lowest BCUT2D eigenvalue weighted by molar-refractivity contribution is -0.119. The van der Waals surface area contributed by atoms with E-state index in [-0.39, 0.29) is 0 Å². The fraction of sp³-hybridized carbons (Fsp3) is 0.444. The van der Waals surface area contributed by atoms with Gasteiger partial charge in [0.1, 0.15) is 5.78 Å². The molecule has 1 atom stereocenters. The summed E-state index contributed by atoms with van der Waals surface area (Å²) in [6.45, 7) is 0.855. The largest absolute Gasteiger partial charge is 0.378 e. The Kier molecular flexibility index (Phi) is 5.11. The predicted molar refractivity (Wildman–Crippen MR) is 90.5 cm³/mol. The van der Waals surface area contributed by atoms with E-state index in [2.05, 4.69) is 17.6 Å². The Morgan fingerprint density at radius 1 is 1.32 bits per heavy atom. The molecule has 3 nitrogen and oxygen atoms in total. The number of ether oxygens (including phenoxy) is 1. The second-order valence-corrected chi connectivity index (χ2v) is 6.34. The number of nitrogens with zero attached hydrogens (tertiary/aromatic N) is 1. The van der Waals surface area contributed by atoms with Gasteiger partial charge in [-0.1, -0.05) is 12.1 Å². The van der Waals surface area contributed by atoms with Crippen molar-refractivity contribution in [1.29, 1.82) is 0 Å². The lowest BCUT2D eigenvalue weighted by Gasteiger charge is -2.09. The molecule has 116 valence electrons. The lowest BCUT2D eigenvalue weighted by Crippen LogP contribution is -2.09. The second-order valence-electron chi connectivity index (χ2n) is 5.86. The monoisotopic (exact) mass is 315 g/mol. The number of aromatic nitrogens is 1. The zero-order chi connectivity index (χ0) is 15.4. The van der Waals surface area contributed by atoms with Crippen LogP contribution in [-0.4, -0.2) is 23.5 Å². The van der Waals surface area contributed by atoms with Crippen molar-refractivity contribution in [2.45, 2.75) is 49.5 Å². The van der Waals surface area contributed by atoms with Crippen molar-refractivity contribution >= 4 is 29.3 Å². The van der Waals surface area contributed by atoms with E-state index >= 15 is 0 Å². The highest BCUT2D eigenvalue weighted by Crippen LogP contribution is 2.24. The molecule has 0 N–H and O–H groups in total. The molecule has 1 saturated heterocycles. The molecule has 1 aliphatic heterocycles. The van der Waals surface area contributed by atoms with Gasteiger partial charge in [0.15, 0.2) is 0 Å². The van der Waals surface area contributed by atoms with Crippen LogP contribution in [0.5, 0.6) is 0 Å². The number of hydrogen-bond donors (Lipinski definition) is 1. The van der Waals surface area contributed by atoms with E-state index in [1.54, 1.807) is 6.20 Å². The van der Waals surface area contributed by atoms with Gasteiger partial charge in [-0.15, -0.1) is 12.6 Å². The number of carbonyl (C=O) groups excluding carboxylic acids is 1. The number of fused-ring (bicyclic) bond motifs is 1. The second kappa shape index (κ2) is 7.25. The zero-order valence-corrected chi connectivity index (χ0v) is 13.5. The summed E-state index contributed by atoms with van der Waals surface area (Å²) in [6.07, 6.45) is 7.19. The quantitative estimate of drug-likeness (QED) is 0.819. The molecule has 3 rings (SSSR count). The van der Waals surface area contributed by atoms with Gasteiger partial charge >= 0.3 is 0 Å². The van der Waals surface area contributed by atoms with E-state index in [1.807, 2.05) is 24.3 Å². The standard InChI is InChI=1S/C18H21NO2S/c20-14(8-9-15-3-2-12-21-15)7-6-13-10-11-19-18-16(13)4-1-5-17(18)22/h1,4-5,10-11,15,22H,2-3,6-9,12H2. The van der Waals surface area contributed by atoms with Gasteiger partial charge < -0.3 is 4.74 Å². The van der Waals surface area contributed by atoms with Crippen LogP contribution in [-0.2, 0) is 16.0 Å². The fourth-order valence-corrected chi connectivity index (χ4v) is 3.29. The van der Waals surface area contributed by atoms with E-state index in [1.165, 1.54) is 5.56 Å². The summed E-state index contributed by atoms with van der Waals surface area (Å²) in [5, 5.41) is 1.10. The summed E-state index contributed by atoms with van der Waals surface area (Å²) < 4.78 is 5.57. The van der Waals surface area contributed by atoms with E-state index < -0.39 is 0 Å². The molecule has 0 bridgehead atoms. The number of hydrogen-bond acceptors (Lipinski definition) is 4. The summed E-state index contributed by atoms with van der Waals surface area (Å²) in [5.74, 6) is 0.322. The Morgan fingerprint density at radius 3 is 3.05 bits per heavy atom. The highest BCUT2D eigenvalue weighted by atomic mass is 32.1. The molecule has 0 aliphatic carbocycles. The first-order valence-electron chi connectivity index (χ1n) is 7.93. The number of carbonyl (C=O) groups is 1. The first-order valence-corrected chi connectivity index (χ1v) is 8.37. The summed E-state index contributed by atoms with van der Waals surface area (Å²) in [6, 6.07) is 7.97. The maximum atomic E-state index is 12.1. The van der Waals surface area contributed by atoms with E-state index in [0.29, 0.717) is 24.7 Å². The minimum atomic E-state index is 0.303. The molecule has 2 heterocycles. The van der Waals surface area contributed by atoms with Crippen LogP contribution in [0.15, 0.2) is 35.4 Å². The maximum Gasteiger partial charge on any atom is 0.133 e. The Balaban J connectivity index is 1.59. The zero-order valence-electron chi connectivity index (χ0n) is 12.6. The smallest absolute Gasteiger partial charge is 0.133 e. The molecule has 4 heteroatoms. The minimum Gasteiger partial charge on any atom is -0.378 e. The third-order valence-corrected chi connectivity index (χ3v) is 4.64. The van der Waals surface area contributed by atoms with Crippen LogP contribution < -0.4 is 0 Å². The van der Waals surface area contributed by atoms with Gasteiger partial charge in [0.2, 0.25) is 0 Å². The summed E-state index contributed by atoms with van der Waals surface area (Å²) in [4.78, 5) is 17.3. The van der Waals surface area contributed by atoms with Crippen LogP contribution in [0.25, 0.3) is 10.9 Å². The molecule has 1 unspecified atom stereocenters. The fourth-order valence-electron chi connectivity index (χ4n) is 3.03. The lowest BCUT2D eigenvalue weighted by atomic mass is 10.0. The van der Waals surface area contributed by atoms with E-state index in [4.69, 9.17) is 4.74 Å². The number of ketones is 1. The number of rotatable bonds is 6. The third-order valence-electron chi connectivity index (χ3n) is 4.28. The number of para-hydroxylation sites is 1. The van der Waals surface area contributed by atoms with Gasteiger partial charge in [-0.2, -0.15) is 0 Å². The van der Waals surface area contributed by atoms with Gasteiger partial charge in [-0.25, -0.2) is 0 Å². The molecule has 1 aromatic heterocycles. The van der Waals surface area contributed by atoms with Crippen LogP contribution >= 0.6 is 12.6 Å². The molecule has 0 amide bonds. The van der Waals surface area contributed by atoms with Crippen LogP contribution in [0, 0.1) is 0 Å². The van der Waals surface area contributed by atoms with Crippen LogP contribution in [0.1, 0.15) is 37.7 Å². The first kappa shape index (κ1) is 15.5. The van der Waals surface area contributed by atoms with Gasteiger partial charge in [0.25, 0.3) is 0 Å². The summed E-state index contributed by atoms with van der Waals surface area (Å²) in [7, 11) is 0. The Labute approximate surface area is 136 Å². The van der Waals surface area contributed by atoms with Crippen LogP contribution in [0.2, 0.25) is 0 Å². The van der Waals surface area contributed by atoms with Crippen molar-refractivity contribution < 1.29 is 9.53 Å². The molecule has 2 aromatic rings. The van der Waals surface area contributed by atoms with Crippen molar-refractivity contribution in [2.24, 2.45) is 0 Å². The molecule has 1 aliphatic rings. The number of Topliss-reactive ketones (excluding diaryl/α,β-unsaturated/α-hetero) is 1. The molecule has 1 fully saturated rings. The average Bonchev–Trinajstić information content (AvgIpc) is 3.05. The first-order chi connectivity index (χ1) is 10.7. The Hall–Kier alpha value is -1.39. The van der Waals surface area contributed by atoms with Gasteiger partial charge in [0, 0.05) is 35.9 Å². The van der Waals surface area contributed by atoms with Crippen molar-refractivity contribution in [3.63, 3.8) is 0 Å². The van der Waals surface area contributed by atoms with Crippen molar-refractivity contribution in [1.82, 2.24) is 4.98 Å². The molecule has 1 aromatic carbocycles. The van der Waals surface area contributed by atoms with Crippen molar-refractivity contribution in [3.05, 3.63) is 36.0 Å². The predicted octanol–water partition coefficient (Wildman–Crippen LogP) is 3.98. The minimum absolute atomic E-state index is 0.303. The molecule has 22 heavy (non-hydrogen) atoms. The van der Waals surface area contributed by atoms with Crippen molar-refractivity contribution in [3.8, 4) is 0 Å². The van der Waals surface area contributed by atoms with Gasteiger partial charge in [-0.3, -0.25) is 9.78 Å². The van der Waals surface area contributed by atoms with Crippen molar-refractivity contribution in [2.75, 3.05) is 6.61 Å². The van der Waals surface area contributed by atoms with Crippen LogP contribution in [0.4, 0.5) is 0 Å². The summed E-state index contributed by atoms with van der Waals surface area (Å²) >= 11 is 4.45. The summed E-state index contributed by atoms with van der Waals surface area (Å²) in [5.41, 5.74) is 2.08. The molecule has 0 radical (unpaired) electrons. The Morgan fingerprint density at radius 2 is 2.23 bits per heavy atom. The topological polar surface area (TPSA) is 39.2 Å². The number of thiol groups is 1. The Bertz CT molecular complexity index is 665. The molecular formula is C18H21NO2S. The molecule has 0 spiro atoms. The highest BCUT2D eigenvalue weighted by Gasteiger charge is 2.16. The number of aryl methyl sites for hydroxylation is 1. The van der Waals surface area contributed by atoms with Crippen LogP contribution in [0.3, 0.4) is 0 Å². The van der Waals surface area contributed by atoms with Gasteiger partial charge in [0.05, 0.1) is 11.6 Å². The van der Waals surface area contributed by atoms with Gasteiger partial charge in [-0.05, 0) is 43.4 Å². The maximum absolute atomic E-state index is 12.1. The molecular weight excluding hydrogens is 294 g/mol. The van der Waals surface area contributed by atoms with E-state index in [9.17, 15) is 4.79 Å². The highest BCUT2D eigenvalue weighted by molar-refractivity contribution is 7.80. The number of benzene rings is 1. The normalized spacial score (nSPS) is 18.0. The third kappa shape index (κ3) is 3.68. The molecule has 0 saturated carbocycles. The number of pyridine rings is 1. The SMILES string of the molecule is O=C(CCc1ccnc2c(S)cccc12)CCC1CCCO1.